The molecule has 0 radical (unpaired) electrons. The Morgan fingerprint density at radius 1 is 1.14 bits per heavy atom. The fraction of sp³-hybridized carbons (Fsp3) is 0.562. The van der Waals surface area contributed by atoms with E-state index in [0.717, 1.165) is 42.8 Å². The van der Waals surface area contributed by atoms with Crippen molar-refractivity contribution in [2.45, 2.75) is 18.9 Å². The lowest BCUT2D eigenvalue weighted by Gasteiger charge is -2.38. The van der Waals surface area contributed by atoms with Crippen LogP contribution in [0.15, 0.2) is 28.7 Å². The van der Waals surface area contributed by atoms with Gasteiger partial charge in [-0.3, -0.25) is 9.69 Å². The van der Waals surface area contributed by atoms with Crippen LogP contribution in [-0.4, -0.2) is 43.5 Å². The van der Waals surface area contributed by atoms with Crippen molar-refractivity contribution in [3.63, 3.8) is 0 Å². The van der Waals surface area contributed by atoms with Crippen LogP contribution in [0.2, 0.25) is 0 Å². The second-order valence-electron chi connectivity index (χ2n) is 5.93. The highest BCUT2D eigenvalue weighted by molar-refractivity contribution is 9.10. The van der Waals surface area contributed by atoms with Gasteiger partial charge in [0.15, 0.2) is 0 Å². The van der Waals surface area contributed by atoms with Crippen molar-refractivity contribution < 1.29 is 4.79 Å². The van der Waals surface area contributed by atoms with Crippen LogP contribution in [0.25, 0.3) is 0 Å². The highest BCUT2D eigenvalue weighted by Crippen LogP contribution is 2.27. The van der Waals surface area contributed by atoms with Gasteiger partial charge < -0.3 is 10.6 Å². The van der Waals surface area contributed by atoms with Crippen LogP contribution in [-0.2, 0) is 4.79 Å². The molecular formula is C16H22BrN3O. The van der Waals surface area contributed by atoms with Crippen molar-refractivity contribution in [3.05, 3.63) is 34.3 Å². The number of nitrogens with one attached hydrogen (secondary N) is 2. The van der Waals surface area contributed by atoms with Gasteiger partial charge in [-0.1, -0.05) is 28.1 Å². The molecule has 0 aliphatic carbocycles. The molecule has 1 aromatic rings. The van der Waals surface area contributed by atoms with Gasteiger partial charge in [0.2, 0.25) is 5.91 Å². The Labute approximate surface area is 134 Å². The Morgan fingerprint density at radius 3 is 2.57 bits per heavy atom. The largest absolute Gasteiger partial charge is 0.353 e. The molecule has 2 N–H and O–H groups in total. The number of benzene rings is 1. The lowest BCUT2D eigenvalue weighted by Crippen LogP contribution is -2.51. The quantitative estimate of drug-likeness (QED) is 0.874. The third-order valence-corrected chi connectivity index (χ3v) is 4.98. The maximum Gasteiger partial charge on any atom is 0.242 e. The highest BCUT2D eigenvalue weighted by atomic mass is 79.9. The van der Waals surface area contributed by atoms with E-state index in [-0.39, 0.29) is 11.9 Å². The summed E-state index contributed by atoms with van der Waals surface area (Å²) < 4.78 is 1.05. The molecule has 114 valence electrons. The summed E-state index contributed by atoms with van der Waals surface area (Å²) in [7, 11) is 0. The predicted octanol–water partition coefficient (Wildman–Crippen LogP) is 1.92. The van der Waals surface area contributed by atoms with Gasteiger partial charge in [-0.15, -0.1) is 0 Å². The Balaban J connectivity index is 1.75. The van der Waals surface area contributed by atoms with Gasteiger partial charge >= 0.3 is 0 Å². The molecule has 0 aromatic heterocycles. The topological polar surface area (TPSA) is 44.4 Å². The maximum absolute atomic E-state index is 12.4. The zero-order valence-electron chi connectivity index (χ0n) is 12.1. The van der Waals surface area contributed by atoms with Crippen molar-refractivity contribution in [2.75, 3.05) is 32.7 Å². The SMILES string of the molecule is O=C1NCCN(CC2CCNCC2)C1c1ccc(Br)cc1. The van der Waals surface area contributed by atoms with E-state index in [1.54, 1.807) is 0 Å². The molecule has 2 saturated heterocycles. The lowest BCUT2D eigenvalue weighted by molar-refractivity contribution is -0.129. The van der Waals surface area contributed by atoms with Gasteiger partial charge in [-0.05, 0) is 49.5 Å². The molecule has 2 aliphatic heterocycles. The second kappa shape index (κ2) is 6.90. The zero-order chi connectivity index (χ0) is 14.7. The van der Waals surface area contributed by atoms with Crippen molar-refractivity contribution in [3.8, 4) is 0 Å². The summed E-state index contributed by atoms with van der Waals surface area (Å²) in [5, 5.41) is 6.41. The van der Waals surface area contributed by atoms with E-state index in [9.17, 15) is 4.79 Å². The molecule has 3 rings (SSSR count). The third kappa shape index (κ3) is 3.65. The molecule has 21 heavy (non-hydrogen) atoms. The van der Waals surface area contributed by atoms with Gasteiger partial charge in [0.05, 0.1) is 0 Å². The molecule has 1 atom stereocenters. The number of piperazine rings is 1. The first-order valence-corrected chi connectivity index (χ1v) is 8.51. The Bertz CT molecular complexity index is 485. The normalized spacial score (nSPS) is 24.8. The van der Waals surface area contributed by atoms with E-state index in [0.29, 0.717) is 5.92 Å². The number of nitrogens with zero attached hydrogens (tertiary/aromatic N) is 1. The van der Waals surface area contributed by atoms with Gasteiger partial charge in [-0.2, -0.15) is 0 Å². The van der Waals surface area contributed by atoms with E-state index >= 15 is 0 Å². The first-order valence-electron chi connectivity index (χ1n) is 7.72. The van der Waals surface area contributed by atoms with Crippen molar-refractivity contribution in [2.24, 2.45) is 5.92 Å². The monoisotopic (exact) mass is 351 g/mol. The van der Waals surface area contributed by atoms with E-state index in [1.807, 2.05) is 12.1 Å². The Morgan fingerprint density at radius 2 is 1.86 bits per heavy atom. The first kappa shape index (κ1) is 15.0. The van der Waals surface area contributed by atoms with Crippen molar-refractivity contribution >= 4 is 21.8 Å². The summed E-state index contributed by atoms with van der Waals surface area (Å²) in [6, 6.07) is 7.99. The number of rotatable bonds is 3. The number of hydrogen-bond acceptors (Lipinski definition) is 3. The molecule has 0 saturated carbocycles. The molecule has 4 nitrogen and oxygen atoms in total. The number of halogens is 1. The standard InChI is InChI=1S/C16H22BrN3O/c17-14-3-1-13(2-4-14)15-16(21)19-9-10-20(15)11-12-5-7-18-8-6-12/h1-4,12,15,18H,5-11H2,(H,19,21). The van der Waals surface area contributed by atoms with Crippen LogP contribution in [0.3, 0.4) is 0 Å². The molecule has 5 heteroatoms. The van der Waals surface area contributed by atoms with Gasteiger partial charge in [-0.25, -0.2) is 0 Å². The number of piperidine rings is 1. The average molecular weight is 352 g/mol. The van der Waals surface area contributed by atoms with E-state index in [2.05, 4.69) is 43.6 Å². The smallest absolute Gasteiger partial charge is 0.242 e. The highest BCUT2D eigenvalue weighted by Gasteiger charge is 2.32. The van der Waals surface area contributed by atoms with Crippen LogP contribution in [0.1, 0.15) is 24.4 Å². The number of carbonyl (C=O) groups is 1. The van der Waals surface area contributed by atoms with E-state index in [1.165, 1.54) is 12.8 Å². The first-order chi connectivity index (χ1) is 10.2. The summed E-state index contributed by atoms with van der Waals surface area (Å²) in [4.78, 5) is 14.7. The van der Waals surface area contributed by atoms with E-state index in [4.69, 9.17) is 0 Å². The van der Waals surface area contributed by atoms with Gasteiger partial charge in [0, 0.05) is 24.1 Å². The number of carbonyl (C=O) groups excluding carboxylic acids is 1. The lowest BCUT2D eigenvalue weighted by atomic mass is 9.95. The summed E-state index contributed by atoms with van der Waals surface area (Å²) in [6.07, 6.45) is 2.43. The molecular weight excluding hydrogens is 330 g/mol. The van der Waals surface area contributed by atoms with Gasteiger partial charge in [0.1, 0.15) is 6.04 Å². The van der Waals surface area contributed by atoms with Crippen LogP contribution in [0.5, 0.6) is 0 Å². The fourth-order valence-electron chi connectivity index (χ4n) is 3.31. The third-order valence-electron chi connectivity index (χ3n) is 4.45. The van der Waals surface area contributed by atoms with Crippen LogP contribution in [0.4, 0.5) is 0 Å². The number of amides is 1. The van der Waals surface area contributed by atoms with Crippen molar-refractivity contribution in [1.82, 2.24) is 15.5 Å². The molecule has 0 spiro atoms. The Kier molecular flexibility index (Phi) is 4.93. The molecule has 2 fully saturated rings. The Hall–Kier alpha value is -0.910. The molecule has 1 amide bonds. The number of hydrogen-bond donors (Lipinski definition) is 2. The molecule has 2 heterocycles. The van der Waals surface area contributed by atoms with Gasteiger partial charge in [0.25, 0.3) is 0 Å². The summed E-state index contributed by atoms with van der Waals surface area (Å²) in [5.74, 6) is 0.840. The molecule has 1 unspecified atom stereocenters. The minimum atomic E-state index is -0.137. The van der Waals surface area contributed by atoms with Crippen LogP contribution >= 0.6 is 15.9 Å². The average Bonchev–Trinajstić information content (AvgIpc) is 2.50. The second-order valence-corrected chi connectivity index (χ2v) is 6.85. The zero-order valence-corrected chi connectivity index (χ0v) is 13.7. The minimum absolute atomic E-state index is 0.137. The van der Waals surface area contributed by atoms with Crippen LogP contribution in [0, 0.1) is 5.92 Å². The fourth-order valence-corrected chi connectivity index (χ4v) is 3.58. The molecule has 2 aliphatic rings. The summed E-state index contributed by atoms with van der Waals surface area (Å²) in [6.45, 7) is 4.93. The van der Waals surface area contributed by atoms with E-state index < -0.39 is 0 Å². The molecule has 1 aromatic carbocycles. The molecule has 0 bridgehead atoms. The predicted molar refractivity (Wildman–Crippen MR) is 87.1 cm³/mol. The summed E-state index contributed by atoms with van der Waals surface area (Å²) >= 11 is 3.46. The van der Waals surface area contributed by atoms with Crippen molar-refractivity contribution in [1.29, 1.82) is 0 Å². The summed E-state index contributed by atoms with van der Waals surface area (Å²) in [5.41, 5.74) is 1.09. The maximum atomic E-state index is 12.4. The minimum Gasteiger partial charge on any atom is -0.353 e. The van der Waals surface area contributed by atoms with Crippen LogP contribution < -0.4 is 10.6 Å².